The van der Waals surface area contributed by atoms with Gasteiger partial charge in [0.25, 0.3) is 0 Å². The third-order valence-corrected chi connectivity index (χ3v) is 8.22. The lowest BCUT2D eigenvalue weighted by Crippen LogP contribution is -2.54. The topological polar surface area (TPSA) is 122 Å². The summed E-state index contributed by atoms with van der Waals surface area (Å²) in [7, 11) is 0. The van der Waals surface area contributed by atoms with Crippen LogP contribution in [0.25, 0.3) is 0 Å². The van der Waals surface area contributed by atoms with Crippen LogP contribution in [0.2, 0.25) is 0 Å². The largest absolute Gasteiger partial charge is 0.444 e. The van der Waals surface area contributed by atoms with Crippen molar-refractivity contribution < 1.29 is 23.9 Å². The smallest absolute Gasteiger partial charge is 0.410 e. The van der Waals surface area contributed by atoms with Crippen LogP contribution in [0.3, 0.4) is 0 Å². The van der Waals surface area contributed by atoms with Crippen molar-refractivity contribution in [3.63, 3.8) is 0 Å². The van der Waals surface area contributed by atoms with Gasteiger partial charge < -0.3 is 20.7 Å². The third-order valence-electron chi connectivity index (χ3n) is 8.22. The lowest BCUT2D eigenvalue weighted by molar-refractivity contribution is -0.132. The molecule has 2 aliphatic heterocycles. The first-order chi connectivity index (χ1) is 19.3. The van der Waals surface area contributed by atoms with Gasteiger partial charge in [0.05, 0.1) is 6.04 Å². The number of rotatable bonds is 9. The van der Waals surface area contributed by atoms with Crippen molar-refractivity contribution in [3.8, 4) is 0 Å². The highest BCUT2D eigenvalue weighted by atomic mass is 16.6. The molecule has 0 unspecified atom stereocenters. The molecule has 0 spiro atoms. The maximum atomic E-state index is 13.7. The Morgan fingerprint density at radius 1 is 1.02 bits per heavy atom. The van der Waals surface area contributed by atoms with Crippen molar-refractivity contribution in [1.29, 1.82) is 0 Å². The van der Waals surface area contributed by atoms with Gasteiger partial charge in [0, 0.05) is 38.0 Å². The summed E-state index contributed by atoms with van der Waals surface area (Å²) in [5, 5.41) is 2.96. The van der Waals surface area contributed by atoms with Crippen LogP contribution in [-0.4, -0.2) is 70.9 Å². The van der Waals surface area contributed by atoms with Crippen LogP contribution in [0.5, 0.6) is 0 Å². The Bertz CT molecular complexity index is 1060. The zero-order valence-corrected chi connectivity index (χ0v) is 25.8. The van der Waals surface area contributed by atoms with Crippen LogP contribution < -0.4 is 11.1 Å². The molecule has 9 nitrogen and oxygen atoms in total. The summed E-state index contributed by atoms with van der Waals surface area (Å²) in [4.78, 5) is 54.9. The van der Waals surface area contributed by atoms with Gasteiger partial charge in [-0.05, 0) is 89.7 Å². The summed E-state index contributed by atoms with van der Waals surface area (Å²) in [5.41, 5.74) is 7.28. The average molecular weight is 571 g/mol. The Balaban J connectivity index is 1.64. The van der Waals surface area contributed by atoms with Gasteiger partial charge in [0.15, 0.2) is 5.78 Å². The SMILES string of the molecule is CC[C@@H]1CCCN(C(=O)OC(C)(C)C)[C@@H]1C(=O)C[C@@H](Cc1ccc(C2CCN(C(=O)NC(C)C)CC2)cc1)C(N)=O. The molecule has 2 saturated heterocycles. The number of benzene rings is 1. The molecule has 228 valence electrons. The van der Waals surface area contributed by atoms with Crippen molar-refractivity contribution >= 4 is 23.8 Å². The van der Waals surface area contributed by atoms with Gasteiger partial charge in [-0.15, -0.1) is 0 Å². The number of Topliss-reactive ketones (excluding diaryl/α,β-unsaturated/α-hetero) is 1. The molecule has 3 atom stereocenters. The molecule has 3 rings (SSSR count). The van der Waals surface area contributed by atoms with E-state index < -0.39 is 29.6 Å². The summed E-state index contributed by atoms with van der Waals surface area (Å²) in [6.07, 6.45) is 4.12. The number of urea groups is 1. The van der Waals surface area contributed by atoms with E-state index in [4.69, 9.17) is 10.5 Å². The molecular formula is C32H50N4O5. The van der Waals surface area contributed by atoms with E-state index in [9.17, 15) is 19.2 Å². The standard InChI is InChI=1S/C32H50N4O5/c1-7-23-9-8-16-36(31(40)41-32(4,5)6)28(23)27(37)20-26(29(33)38)19-22-10-12-24(13-11-22)25-14-17-35(18-15-25)30(39)34-21(2)3/h10-13,21,23,25-26,28H,7-9,14-20H2,1-6H3,(H2,33,38)(H,34,39)/t23-,26-,28+/m1/s1. The molecule has 1 aromatic carbocycles. The van der Waals surface area contributed by atoms with Gasteiger partial charge in [0.2, 0.25) is 5.91 Å². The van der Waals surface area contributed by atoms with E-state index in [1.807, 2.05) is 58.6 Å². The lowest BCUT2D eigenvalue weighted by atomic mass is 9.81. The first-order valence-corrected chi connectivity index (χ1v) is 15.2. The number of nitrogens with one attached hydrogen (secondary N) is 1. The summed E-state index contributed by atoms with van der Waals surface area (Å²) < 4.78 is 5.61. The van der Waals surface area contributed by atoms with Crippen LogP contribution in [0, 0.1) is 11.8 Å². The first kappa shape index (κ1) is 32.4. The molecule has 0 bridgehead atoms. The second-order valence-corrected chi connectivity index (χ2v) is 13.0. The zero-order valence-electron chi connectivity index (χ0n) is 25.8. The van der Waals surface area contributed by atoms with E-state index in [2.05, 4.69) is 17.4 Å². The molecule has 2 aliphatic rings. The van der Waals surface area contributed by atoms with Crippen molar-refractivity contribution in [1.82, 2.24) is 15.1 Å². The van der Waals surface area contributed by atoms with Crippen molar-refractivity contribution in [2.75, 3.05) is 19.6 Å². The van der Waals surface area contributed by atoms with Gasteiger partial charge in [-0.1, -0.05) is 37.6 Å². The molecule has 0 saturated carbocycles. The molecule has 0 aliphatic carbocycles. The fourth-order valence-corrected chi connectivity index (χ4v) is 6.07. The van der Waals surface area contributed by atoms with Crippen LogP contribution in [0.1, 0.15) is 97.1 Å². The molecule has 1 aromatic rings. The minimum absolute atomic E-state index is 0.00551. The number of carbonyl (C=O) groups is 4. The molecule has 3 N–H and O–H groups in total. The number of primary amides is 1. The summed E-state index contributed by atoms with van der Waals surface area (Å²) in [6, 6.07) is 7.69. The van der Waals surface area contributed by atoms with Crippen LogP contribution in [0.4, 0.5) is 9.59 Å². The van der Waals surface area contributed by atoms with E-state index in [0.29, 0.717) is 18.9 Å². The van der Waals surface area contributed by atoms with Gasteiger partial charge in [-0.2, -0.15) is 0 Å². The van der Waals surface area contributed by atoms with E-state index in [1.165, 1.54) is 5.56 Å². The Labute approximate surface area is 245 Å². The predicted octanol–water partition coefficient (Wildman–Crippen LogP) is 5.01. The molecular weight excluding hydrogens is 520 g/mol. The van der Waals surface area contributed by atoms with E-state index in [1.54, 1.807) is 4.90 Å². The summed E-state index contributed by atoms with van der Waals surface area (Å²) >= 11 is 0. The highest BCUT2D eigenvalue weighted by Crippen LogP contribution is 2.31. The Morgan fingerprint density at radius 3 is 2.20 bits per heavy atom. The maximum absolute atomic E-state index is 13.7. The highest BCUT2D eigenvalue weighted by Gasteiger charge is 2.41. The normalized spacial score (nSPS) is 21.0. The number of nitrogens with two attached hydrogens (primary N) is 1. The van der Waals surface area contributed by atoms with E-state index in [-0.39, 0.29) is 30.2 Å². The fourth-order valence-electron chi connectivity index (χ4n) is 6.07. The van der Waals surface area contributed by atoms with E-state index >= 15 is 0 Å². The number of carbonyl (C=O) groups excluding carboxylic acids is 4. The Kier molecular flexibility index (Phi) is 11.2. The molecule has 4 amide bonds. The minimum atomic E-state index is -0.662. The minimum Gasteiger partial charge on any atom is -0.444 e. The number of ketones is 1. The number of amides is 4. The summed E-state index contributed by atoms with van der Waals surface area (Å²) in [6.45, 7) is 13.3. The monoisotopic (exact) mass is 570 g/mol. The molecule has 2 fully saturated rings. The highest BCUT2D eigenvalue weighted by molar-refractivity contribution is 5.91. The van der Waals surface area contributed by atoms with Gasteiger partial charge in [-0.3, -0.25) is 14.5 Å². The quantitative estimate of drug-likeness (QED) is 0.432. The van der Waals surface area contributed by atoms with Crippen molar-refractivity contribution in [2.24, 2.45) is 17.6 Å². The number of likely N-dealkylation sites (tertiary alicyclic amines) is 2. The third kappa shape index (κ3) is 9.20. The Hall–Kier alpha value is -3.10. The van der Waals surface area contributed by atoms with Crippen LogP contribution in [0.15, 0.2) is 24.3 Å². The van der Waals surface area contributed by atoms with Gasteiger partial charge in [0.1, 0.15) is 5.60 Å². The Morgan fingerprint density at radius 2 is 1.66 bits per heavy atom. The number of piperidine rings is 2. The average Bonchev–Trinajstić information content (AvgIpc) is 2.91. The second-order valence-electron chi connectivity index (χ2n) is 13.0. The fraction of sp³-hybridized carbons (Fsp3) is 0.688. The van der Waals surface area contributed by atoms with Crippen molar-refractivity contribution in [2.45, 2.75) is 110 Å². The number of ether oxygens (including phenoxy) is 1. The summed E-state index contributed by atoms with van der Waals surface area (Å²) in [5.74, 6) is -0.898. The molecule has 2 heterocycles. The first-order valence-electron chi connectivity index (χ1n) is 15.2. The van der Waals surface area contributed by atoms with E-state index in [0.717, 1.165) is 50.8 Å². The molecule has 9 heteroatoms. The number of hydrogen-bond donors (Lipinski definition) is 2. The van der Waals surface area contributed by atoms with Crippen molar-refractivity contribution in [3.05, 3.63) is 35.4 Å². The predicted molar refractivity (Wildman–Crippen MR) is 159 cm³/mol. The number of nitrogens with zero attached hydrogens (tertiary/aromatic N) is 2. The van der Waals surface area contributed by atoms with Crippen LogP contribution in [-0.2, 0) is 20.7 Å². The maximum Gasteiger partial charge on any atom is 0.410 e. The number of hydrogen-bond acceptors (Lipinski definition) is 5. The van der Waals surface area contributed by atoms with Crippen LogP contribution >= 0.6 is 0 Å². The molecule has 41 heavy (non-hydrogen) atoms. The molecule has 0 radical (unpaired) electrons. The second kappa shape index (κ2) is 14.2. The molecule has 0 aromatic heterocycles. The van der Waals surface area contributed by atoms with Gasteiger partial charge in [-0.25, -0.2) is 9.59 Å². The lowest BCUT2D eigenvalue weighted by Gasteiger charge is -2.41. The zero-order chi connectivity index (χ0) is 30.3. The van der Waals surface area contributed by atoms with Gasteiger partial charge >= 0.3 is 12.1 Å².